The first kappa shape index (κ1) is 12.9. The molecule has 1 fully saturated rings. The second-order valence-electron chi connectivity index (χ2n) is 5.16. The zero-order chi connectivity index (χ0) is 13.3. The molecule has 0 aliphatic heterocycles. The van der Waals surface area contributed by atoms with Gasteiger partial charge in [0.25, 0.3) is 5.91 Å². The van der Waals surface area contributed by atoms with Crippen LogP contribution in [0, 0.1) is 11.7 Å². The van der Waals surface area contributed by atoms with Crippen LogP contribution in [0.15, 0.2) is 18.2 Å². The van der Waals surface area contributed by atoms with Crippen LogP contribution < -0.4 is 0 Å². The lowest BCUT2D eigenvalue weighted by Crippen LogP contribution is -2.38. The van der Waals surface area contributed by atoms with Crippen LogP contribution in [0.3, 0.4) is 0 Å². The second kappa shape index (κ2) is 4.96. The van der Waals surface area contributed by atoms with Crippen molar-refractivity contribution in [3.05, 3.63) is 29.6 Å². The molecule has 0 unspecified atom stereocenters. The first-order chi connectivity index (χ1) is 8.49. The van der Waals surface area contributed by atoms with Crippen LogP contribution in [0.1, 0.15) is 37.0 Å². The minimum absolute atomic E-state index is 0.0718. The molecule has 0 heterocycles. The van der Waals surface area contributed by atoms with Crippen molar-refractivity contribution in [3.63, 3.8) is 0 Å². The monoisotopic (exact) mass is 251 g/mol. The highest BCUT2D eigenvalue weighted by atomic mass is 19.1. The van der Waals surface area contributed by atoms with E-state index in [4.69, 9.17) is 0 Å². The van der Waals surface area contributed by atoms with Crippen LogP contribution in [0.2, 0.25) is 0 Å². The SMILES string of the molecule is CC(C)N(CC1CC1)C(=O)c1ccc(F)cc1O. The molecular weight excluding hydrogens is 233 g/mol. The second-order valence-corrected chi connectivity index (χ2v) is 5.16. The van der Waals surface area contributed by atoms with Gasteiger partial charge in [0.05, 0.1) is 5.56 Å². The third-order valence-corrected chi connectivity index (χ3v) is 3.23. The fourth-order valence-corrected chi connectivity index (χ4v) is 1.95. The summed E-state index contributed by atoms with van der Waals surface area (Å²) in [5.74, 6) is -0.475. The van der Waals surface area contributed by atoms with Gasteiger partial charge in [-0.25, -0.2) is 4.39 Å². The number of carbonyl (C=O) groups is 1. The number of halogens is 1. The summed E-state index contributed by atoms with van der Waals surface area (Å²) in [5.41, 5.74) is 0.172. The highest BCUT2D eigenvalue weighted by molar-refractivity contribution is 5.97. The average Bonchev–Trinajstić information content (AvgIpc) is 3.08. The summed E-state index contributed by atoms with van der Waals surface area (Å²) in [6, 6.07) is 3.59. The van der Waals surface area contributed by atoms with E-state index in [1.165, 1.54) is 12.1 Å². The molecule has 18 heavy (non-hydrogen) atoms. The third kappa shape index (κ3) is 2.81. The maximum atomic E-state index is 12.9. The molecule has 0 saturated heterocycles. The molecule has 1 amide bonds. The van der Waals surface area contributed by atoms with Gasteiger partial charge in [0.2, 0.25) is 0 Å². The summed E-state index contributed by atoms with van der Waals surface area (Å²) >= 11 is 0. The molecule has 3 nitrogen and oxygen atoms in total. The van der Waals surface area contributed by atoms with Crippen molar-refractivity contribution in [2.24, 2.45) is 5.92 Å². The van der Waals surface area contributed by atoms with Crippen molar-refractivity contribution in [3.8, 4) is 5.75 Å². The summed E-state index contributed by atoms with van der Waals surface area (Å²) in [5, 5.41) is 9.65. The maximum absolute atomic E-state index is 12.9. The maximum Gasteiger partial charge on any atom is 0.257 e. The van der Waals surface area contributed by atoms with Crippen molar-refractivity contribution >= 4 is 5.91 Å². The zero-order valence-corrected chi connectivity index (χ0v) is 10.7. The molecule has 0 atom stereocenters. The van der Waals surface area contributed by atoms with Gasteiger partial charge in [-0.05, 0) is 44.7 Å². The van der Waals surface area contributed by atoms with Gasteiger partial charge in [0.15, 0.2) is 0 Å². The predicted molar refractivity (Wildman–Crippen MR) is 67.0 cm³/mol. The molecule has 4 heteroatoms. The number of benzene rings is 1. The van der Waals surface area contributed by atoms with Crippen LogP contribution in [0.25, 0.3) is 0 Å². The Hall–Kier alpha value is -1.58. The van der Waals surface area contributed by atoms with Crippen LogP contribution in [0.4, 0.5) is 4.39 Å². The number of amides is 1. The van der Waals surface area contributed by atoms with Crippen molar-refractivity contribution in [2.75, 3.05) is 6.54 Å². The quantitative estimate of drug-likeness (QED) is 0.894. The smallest absolute Gasteiger partial charge is 0.257 e. The number of hydrogen-bond acceptors (Lipinski definition) is 2. The topological polar surface area (TPSA) is 40.5 Å². The Kier molecular flexibility index (Phi) is 3.55. The normalized spacial score (nSPS) is 14.9. The van der Waals surface area contributed by atoms with Gasteiger partial charge in [-0.1, -0.05) is 0 Å². The molecule has 1 aliphatic rings. The van der Waals surface area contributed by atoms with Crippen LogP contribution in [-0.4, -0.2) is 28.5 Å². The molecule has 2 rings (SSSR count). The number of phenolic OH excluding ortho intramolecular Hbond substituents is 1. The van der Waals surface area contributed by atoms with Gasteiger partial charge < -0.3 is 10.0 Å². The lowest BCUT2D eigenvalue weighted by Gasteiger charge is -2.27. The molecule has 0 aromatic heterocycles. The summed E-state index contributed by atoms with van der Waals surface area (Å²) in [6.45, 7) is 4.61. The minimum Gasteiger partial charge on any atom is -0.507 e. The average molecular weight is 251 g/mol. The summed E-state index contributed by atoms with van der Waals surface area (Å²) in [4.78, 5) is 14.1. The predicted octanol–water partition coefficient (Wildman–Crippen LogP) is 2.79. The first-order valence-electron chi connectivity index (χ1n) is 6.28. The van der Waals surface area contributed by atoms with Crippen molar-refractivity contribution in [1.29, 1.82) is 0 Å². The van der Waals surface area contributed by atoms with E-state index in [9.17, 15) is 14.3 Å². The van der Waals surface area contributed by atoms with Gasteiger partial charge in [0.1, 0.15) is 11.6 Å². The van der Waals surface area contributed by atoms with E-state index in [-0.39, 0.29) is 23.3 Å². The van der Waals surface area contributed by atoms with E-state index in [2.05, 4.69) is 0 Å². The number of hydrogen-bond donors (Lipinski definition) is 1. The Labute approximate surface area is 106 Å². The number of aromatic hydroxyl groups is 1. The van der Waals surface area contributed by atoms with E-state index in [0.717, 1.165) is 18.9 Å². The van der Waals surface area contributed by atoms with Gasteiger partial charge >= 0.3 is 0 Å². The summed E-state index contributed by atoms with van der Waals surface area (Å²) in [7, 11) is 0. The number of carbonyl (C=O) groups excluding carboxylic acids is 1. The van der Waals surface area contributed by atoms with E-state index >= 15 is 0 Å². The molecule has 1 aromatic carbocycles. The van der Waals surface area contributed by atoms with E-state index in [0.29, 0.717) is 12.5 Å². The summed E-state index contributed by atoms with van der Waals surface area (Å²) < 4.78 is 12.9. The Morgan fingerprint density at radius 2 is 2.17 bits per heavy atom. The molecule has 1 aliphatic carbocycles. The minimum atomic E-state index is -0.540. The Bertz CT molecular complexity index is 455. The largest absolute Gasteiger partial charge is 0.507 e. The molecular formula is C14H18FNO2. The molecule has 0 radical (unpaired) electrons. The highest BCUT2D eigenvalue weighted by Gasteiger charge is 2.29. The van der Waals surface area contributed by atoms with Crippen molar-refractivity contribution in [1.82, 2.24) is 4.90 Å². The molecule has 0 spiro atoms. The molecule has 1 saturated carbocycles. The van der Waals surface area contributed by atoms with E-state index < -0.39 is 5.82 Å². The zero-order valence-electron chi connectivity index (χ0n) is 10.7. The Morgan fingerprint density at radius 1 is 1.50 bits per heavy atom. The fourth-order valence-electron chi connectivity index (χ4n) is 1.95. The number of nitrogens with zero attached hydrogens (tertiary/aromatic N) is 1. The van der Waals surface area contributed by atoms with Gasteiger partial charge in [-0.2, -0.15) is 0 Å². The van der Waals surface area contributed by atoms with Gasteiger partial charge in [-0.15, -0.1) is 0 Å². The van der Waals surface area contributed by atoms with Crippen LogP contribution in [-0.2, 0) is 0 Å². The standard InChI is InChI=1S/C14H18FNO2/c1-9(2)16(8-10-3-4-10)14(18)12-6-5-11(15)7-13(12)17/h5-7,9-10,17H,3-4,8H2,1-2H3. The van der Waals surface area contributed by atoms with Crippen molar-refractivity contribution < 1.29 is 14.3 Å². The first-order valence-corrected chi connectivity index (χ1v) is 6.28. The van der Waals surface area contributed by atoms with E-state index in [1.54, 1.807) is 4.90 Å². The fraction of sp³-hybridized carbons (Fsp3) is 0.500. The van der Waals surface area contributed by atoms with Gasteiger partial charge in [-0.3, -0.25) is 4.79 Å². The molecule has 1 N–H and O–H groups in total. The van der Waals surface area contributed by atoms with E-state index in [1.807, 2.05) is 13.8 Å². The molecule has 98 valence electrons. The number of phenols is 1. The third-order valence-electron chi connectivity index (χ3n) is 3.23. The van der Waals surface area contributed by atoms with Gasteiger partial charge in [0, 0.05) is 18.7 Å². The lowest BCUT2D eigenvalue weighted by molar-refractivity contribution is 0.0693. The highest BCUT2D eigenvalue weighted by Crippen LogP contribution is 2.31. The lowest BCUT2D eigenvalue weighted by atomic mass is 10.1. The van der Waals surface area contributed by atoms with Crippen LogP contribution >= 0.6 is 0 Å². The number of rotatable bonds is 4. The molecule has 0 bridgehead atoms. The summed E-state index contributed by atoms with van der Waals surface area (Å²) in [6.07, 6.45) is 2.32. The van der Waals surface area contributed by atoms with Crippen LogP contribution in [0.5, 0.6) is 5.75 Å². The Morgan fingerprint density at radius 3 is 2.67 bits per heavy atom. The Balaban J connectivity index is 2.20. The van der Waals surface area contributed by atoms with Crippen molar-refractivity contribution in [2.45, 2.75) is 32.7 Å². The molecule has 1 aromatic rings.